The van der Waals surface area contributed by atoms with E-state index < -0.39 is 0 Å². The van der Waals surface area contributed by atoms with Crippen molar-refractivity contribution in [3.05, 3.63) is 29.8 Å². The first-order valence-corrected chi connectivity index (χ1v) is 6.83. The first kappa shape index (κ1) is 13.6. The summed E-state index contributed by atoms with van der Waals surface area (Å²) >= 11 is 0. The molecule has 0 saturated carbocycles. The Hall–Kier alpha value is -1.84. The van der Waals surface area contributed by atoms with E-state index in [0.29, 0.717) is 5.92 Å². The van der Waals surface area contributed by atoms with Crippen LogP contribution in [-0.4, -0.2) is 14.5 Å². The van der Waals surface area contributed by atoms with Crippen LogP contribution in [0.1, 0.15) is 44.6 Å². The minimum Gasteiger partial charge on any atom is -0.383 e. The van der Waals surface area contributed by atoms with Crippen LogP contribution in [0, 0.1) is 6.92 Å². The number of rotatable bonds is 4. The monoisotopic (exact) mass is 258 g/mol. The summed E-state index contributed by atoms with van der Waals surface area (Å²) < 4.78 is 2.12. The quantitative estimate of drug-likeness (QED) is 0.914. The molecule has 2 aromatic rings. The highest BCUT2D eigenvalue weighted by molar-refractivity contribution is 5.70. The molecule has 0 radical (unpaired) electrons. The maximum absolute atomic E-state index is 6.27. The van der Waals surface area contributed by atoms with Crippen molar-refractivity contribution in [1.82, 2.24) is 14.5 Å². The third-order valence-electron chi connectivity index (χ3n) is 3.18. The summed E-state index contributed by atoms with van der Waals surface area (Å²) in [7, 11) is 0. The van der Waals surface area contributed by atoms with Gasteiger partial charge in [-0.2, -0.15) is 0 Å². The lowest BCUT2D eigenvalue weighted by atomic mass is 10.2. The Morgan fingerprint density at radius 2 is 2.05 bits per heavy atom. The van der Waals surface area contributed by atoms with Crippen LogP contribution < -0.4 is 5.73 Å². The van der Waals surface area contributed by atoms with E-state index in [9.17, 15) is 0 Å². The molecular formula is C15H22N4. The number of nitrogens with two attached hydrogens (primary N) is 1. The fraction of sp³-hybridized carbons (Fsp3) is 0.467. The van der Waals surface area contributed by atoms with Crippen LogP contribution in [0.2, 0.25) is 0 Å². The van der Waals surface area contributed by atoms with Gasteiger partial charge in [0.15, 0.2) is 0 Å². The molecule has 2 heterocycles. The maximum atomic E-state index is 6.27. The fourth-order valence-electron chi connectivity index (χ4n) is 2.20. The zero-order chi connectivity index (χ0) is 14.0. The van der Waals surface area contributed by atoms with E-state index in [2.05, 4.69) is 30.3 Å². The van der Waals surface area contributed by atoms with E-state index >= 15 is 0 Å². The number of hydrogen-bond acceptors (Lipinski definition) is 3. The predicted molar refractivity (Wildman–Crippen MR) is 79.0 cm³/mol. The van der Waals surface area contributed by atoms with Gasteiger partial charge in [0.2, 0.25) is 0 Å². The molecule has 0 bridgehead atoms. The van der Waals surface area contributed by atoms with Crippen LogP contribution in [-0.2, 0) is 6.54 Å². The van der Waals surface area contributed by atoms with Crippen molar-refractivity contribution in [2.75, 3.05) is 5.73 Å². The number of nitrogens with zero attached hydrogens (tertiary/aromatic N) is 3. The number of imidazole rings is 1. The Morgan fingerprint density at radius 1 is 1.32 bits per heavy atom. The summed E-state index contributed by atoms with van der Waals surface area (Å²) in [6.45, 7) is 9.32. The molecule has 0 aliphatic heterocycles. The van der Waals surface area contributed by atoms with Crippen LogP contribution in [0.4, 0.5) is 5.82 Å². The van der Waals surface area contributed by atoms with Crippen LogP contribution in [0.3, 0.4) is 0 Å². The van der Waals surface area contributed by atoms with Crippen molar-refractivity contribution >= 4 is 5.82 Å². The Bertz CT molecular complexity index is 552. The van der Waals surface area contributed by atoms with Crippen molar-refractivity contribution in [2.45, 2.75) is 46.6 Å². The molecular weight excluding hydrogens is 236 g/mol. The molecule has 19 heavy (non-hydrogen) atoms. The highest BCUT2D eigenvalue weighted by Gasteiger charge is 2.17. The summed E-state index contributed by atoms with van der Waals surface area (Å²) in [6.07, 6.45) is 2.89. The fourth-order valence-corrected chi connectivity index (χ4v) is 2.20. The molecule has 2 rings (SSSR count). The highest BCUT2D eigenvalue weighted by Crippen LogP contribution is 2.29. The minimum atomic E-state index is 0.362. The number of aryl methyl sites for hydroxylation is 1. The molecule has 0 amide bonds. The number of pyridine rings is 1. The second-order valence-corrected chi connectivity index (χ2v) is 5.20. The topological polar surface area (TPSA) is 56.7 Å². The summed E-state index contributed by atoms with van der Waals surface area (Å²) in [5.74, 6) is 2.16. The van der Waals surface area contributed by atoms with Gasteiger partial charge in [0.25, 0.3) is 0 Å². The Kier molecular flexibility index (Phi) is 3.88. The number of aromatic nitrogens is 3. The molecule has 0 aliphatic carbocycles. The number of anilines is 1. The molecule has 4 nitrogen and oxygen atoms in total. The first-order valence-electron chi connectivity index (χ1n) is 6.83. The molecule has 0 aliphatic rings. The van der Waals surface area contributed by atoms with Crippen molar-refractivity contribution in [2.24, 2.45) is 0 Å². The van der Waals surface area contributed by atoms with Crippen molar-refractivity contribution in [3.63, 3.8) is 0 Å². The van der Waals surface area contributed by atoms with Gasteiger partial charge in [0.05, 0.1) is 0 Å². The van der Waals surface area contributed by atoms with Crippen molar-refractivity contribution < 1.29 is 0 Å². The van der Waals surface area contributed by atoms with Gasteiger partial charge in [-0.1, -0.05) is 20.8 Å². The first-order chi connectivity index (χ1) is 9.04. The van der Waals surface area contributed by atoms with Gasteiger partial charge < -0.3 is 10.3 Å². The Balaban J connectivity index is 2.52. The second-order valence-electron chi connectivity index (χ2n) is 5.20. The maximum Gasteiger partial charge on any atom is 0.131 e. The lowest BCUT2D eigenvalue weighted by molar-refractivity contribution is 0.616. The Morgan fingerprint density at radius 3 is 2.58 bits per heavy atom. The summed E-state index contributed by atoms with van der Waals surface area (Å²) in [5.41, 5.74) is 9.11. The van der Waals surface area contributed by atoms with E-state index in [4.69, 9.17) is 10.7 Å². The Labute approximate surface area is 114 Å². The third kappa shape index (κ3) is 2.62. The van der Waals surface area contributed by atoms with Crippen molar-refractivity contribution in [3.8, 4) is 11.3 Å². The normalized spacial score (nSPS) is 11.2. The van der Waals surface area contributed by atoms with Gasteiger partial charge in [0.1, 0.15) is 17.3 Å². The largest absolute Gasteiger partial charge is 0.383 e. The van der Waals surface area contributed by atoms with E-state index in [1.54, 1.807) is 0 Å². The lowest BCUT2D eigenvalue weighted by Crippen LogP contribution is -2.08. The molecule has 4 heteroatoms. The van der Waals surface area contributed by atoms with Gasteiger partial charge >= 0.3 is 0 Å². The van der Waals surface area contributed by atoms with E-state index in [1.165, 1.54) is 0 Å². The third-order valence-corrected chi connectivity index (χ3v) is 3.18. The zero-order valence-electron chi connectivity index (χ0n) is 12.1. The molecule has 2 aromatic heterocycles. The average molecular weight is 258 g/mol. The molecule has 0 atom stereocenters. The summed E-state index contributed by atoms with van der Waals surface area (Å²) in [6, 6.07) is 4.02. The SMILES string of the molecule is CCCn1c(C(C)C)nc(-c2ccc(C)nc2)c1N. The van der Waals surface area contributed by atoms with Crippen LogP contribution in [0.25, 0.3) is 11.3 Å². The minimum absolute atomic E-state index is 0.362. The van der Waals surface area contributed by atoms with Gasteiger partial charge in [-0.05, 0) is 25.5 Å². The van der Waals surface area contributed by atoms with E-state index in [-0.39, 0.29) is 0 Å². The standard InChI is InChI=1S/C15H22N4/c1-5-8-19-14(16)13(18-15(19)10(2)3)12-7-6-11(4)17-9-12/h6-7,9-10H,5,8,16H2,1-4H3. The molecule has 0 unspecified atom stereocenters. The smallest absolute Gasteiger partial charge is 0.131 e. The van der Waals surface area contributed by atoms with Gasteiger partial charge in [-0.25, -0.2) is 4.98 Å². The van der Waals surface area contributed by atoms with Crippen LogP contribution >= 0.6 is 0 Å². The van der Waals surface area contributed by atoms with E-state index in [0.717, 1.165) is 41.6 Å². The summed E-state index contributed by atoms with van der Waals surface area (Å²) in [4.78, 5) is 9.05. The average Bonchev–Trinajstić information content (AvgIpc) is 2.69. The second kappa shape index (κ2) is 5.43. The number of hydrogen-bond donors (Lipinski definition) is 1. The molecule has 0 spiro atoms. The van der Waals surface area contributed by atoms with Crippen LogP contribution in [0.5, 0.6) is 0 Å². The highest BCUT2D eigenvalue weighted by atomic mass is 15.1. The molecule has 2 N–H and O–H groups in total. The van der Waals surface area contributed by atoms with Gasteiger partial charge in [-0.3, -0.25) is 4.98 Å². The lowest BCUT2D eigenvalue weighted by Gasteiger charge is -2.10. The zero-order valence-corrected chi connectivity index (χ0v) is 12.1. The van der Waals surface area contributed by atoms with Crippen LogP contribution in [0.15, 0.2) is 18.3 Å². The number of nitrogen functional groups attached to an aromatic ring is 1. The molecule has 0 saturated heterocycles. The summed E-state index contributed by atoms with van der Waals surface area (Å²) in [5, 5.41) is 0. The molecule has 0 aromatic carbocycles. The van der Waals surface area contributed by atoms with Gasteiger partial charge in [-0.15, -0.1) is 0 Å². The molecule has 102 valence electrons. The predicted octanol–water partition coefficient (Wildman–Crippen LogP) is 3.37. The van der Waals surface area contributed by atoms with Gasteiger partial charge in [0, 0.05) is 29.9 Å². The molecule has 0 fully saturated rings. The van der Waals surface area contributed by atoms with Crippen molar-refractivity contribution in [1.29, 1.82) is 0 Å². The van der Waals surface area contributed by atoms with E-state index in [1.807, 2.05) is 25.3 Å².